The fourth-order valence-electron chi connectivity index (χ4n) is 3.41. The summed E-state index contributed by atoms with van der Waals surface area (Å²) in [4.78, 5) is 8.58. The molecule has 1 aliphatic rings. The predicted octanol–water partition coefficient (Wildman–Crippen LogP) is 2.42. The maximum atomic E-state index is 10.5. The topological polar surface area (TPSA) is 78.4 Å². The van der Waals surface area contributed by atoms with Crippen LogP contribution >= 0.6 is 11.3 Å². The van der Waals surface area contributed by atoms with Gasteiger partial charge in [-0.05, 0) is 36.1 Å². The highest BCUT2D eigenvalue weighted by Crippen LogP contribution is 2.26. The van der Waals surface area contributed by atoms with Crippen LogP contribution in [0.1, 0.15) is 29.5 Å². The van der Waals surface area contributed by atoms with Crippen LogP contribution in [0.3, 0.4) is 0 Å². The molecule has 0 amide bonds. The molecule has 3 N–H and O–H groups in total. The molecule has 1 aromatic carbocycles. The number of nitrogens with zero attached hydrogens (tertiary/aromatic N) is 2. The largest absolute Gasteiger partial charge is 0.497 e. The van der Waals surface area contributed by atoms with Gasteiger partial charge < -0.3 is 25.2 Å². The first-order valence-electron chi connectivity index (χ1n) is 10.4. The molecule has 0 radical (unpaired) electrons. The molecule has 2 unspecified atom stereocenters. The van der Waals surface area contributed by atoms with E-state index in [0.717, 1.165) is 44.2 Å². The van der Waals surface area contributed by atoms with E-state index in [1.807, 2.05) is 31.2 Å². The van der Waals surface area contributed by atoms with E-state index in [-0.39, 0.29) is 6.04 Å². The first-order valence-corrected chi connectivity index (χ1v) is 11.3. The fourth-order valence-corrected chi connectivity index (χ4v) is 4.26. The lowest BCUT2D eigenvalue weighted by Gasteiger charge is -2.33. The summed E-state index contributed by atoms with van der Waals surface area (Å²) in [6.45, 7) is 7.17. The second-order valence-electron chi connectivity index (χ2n) is 7.07. The van der Waals surface area contributed by atoms with Gasteiger partial charge in [0.15, 0.2) is 5.96 Å². The van der Waals surface area contributed by atoms with E-state index < -0.39 is 6.10 Å². The lowest BCUT2D eigenvalue weighted by atomic mass is 10.1. The van der Waals surface area contributed by atoms with Crippen LogP contribution in [-0.2, 0) is 4.74 Å². The lowest BCUT2D eigenvalue weighted by molar-refractivity contribution is 0.0186. The Morgan fingerprint density at radius 2 is 2.00 bits per heavy atom. The molecular weight excluding hydrogens is 400 g/mol. The molecule has 7 nitrogen and oxygen atoms in total. The van der Waals surface area contributed by atoms with Crippen molar-refractivity contribution in [1.82, 2.24) is 15.5 Å². The zero-order chi connectivity index (χ0) is 21.2. The number of morpholine rings is 1. The Bertz CT molecular complexity index is 761. The number of ether oxygens (including phenoxy) is 2. The fraction of sp³-hybridized carbons (Fsp3) is 0.500. The highest BCUT2D eigenvalue weighted by atomic mass is 32.1. The predicted molar refractivity (Wildman–Crippen MR) is 121 cm³/mol. The maximum Gasteiger partial charge on any atom is 0.191 e. The van der Waals surface area contributed by atoms with Gasteiger partial charge >= 0.3 is 0 Å². The van der Waals surface area contributed by atoms with Gasteiger partial charge in [-0.3, -0.25) is 9.89 Å². The molecule has 2 aromatic rings. The minimum Gasteiger partial charge on any atom is -0.497 e. The van der Waals surface area contributed by atoms with Gasteiger partial charge in [-0.2, -0.15) is 0 Å². The molecule has 1 saturated heterocycles. The standard InChI is InChI=1S/C22H32N4O3S/c1-3-23-22(25-16-20(27)17-6-8-18(28-2)9-7-17)24-15-19(21-5-4-14-30-21)26-10-12-29-13-11-26/h4-9,14,19-20,27H,3,10-13,15-16H2,1-2H3,(H2,23,24,25). The number of hydrogen-bond acceptors (Lipinski definition) is 6. The van der Waals surface area contributed by atoms with Crippen LogP contribution in [-0.4, -0.2) is 69.0 Å². The van der Waals surface area contributed by atoms with Crippen molar-refractivity contribution in [2.24, 2.45) is 4.99 Å². The molecule has 2 atom stereocenters. The van der Waals surface area contributed by atoms with Crippen molar-refractivity contribution in [2.45, 2.75) is 19.1 Å². The average molecular weight is 433 g/mol. The van der Waals surface area contributed by atoms with Crippen LogP contribution in [0.15, 0.2) is 46.8 Å². The van der Waals surface area contributed by atoms with Crippen LogP contribution in [0.5, 0.6) is 5.75 Å². The number of benzene rings is 1. The zero-order valence-corrected chi connectivity index (χ0v) is 18.5. The molecule has 8 heteroatoms. The highest BCUT2D eigenvalue weighted by molar-refractivity contribution is 7.10. The monoisotopic (exact) mass is 432 g/mol. The van der Waals surface area contributed by atoms with Gasteiger partial charge in [-0.15, -0.1) is 11.3 Å². The number of methoxy groups -OCH3 is 1. The van der Waals surface area contributed by atoms with Crippen molar-refractivity contribution in [3.8, 4) is 5.75 Å². The Kier molecular flexibility index (Phi) is 8.95. The quantitative estimate of drug-likeness (QED) is 0.417. The summed E-state index contributed by atoms with van der Waals surface area (Å²) in [5.74, 6) is 1.48. The lowest BCUT2D eigenvalue weighted by Crippen LogP contribution is -2.42. The van der Waals surface area contributed by atoms with Crippen molar-refractivity contribution in [3.63, 3.8) is 0 Å². The number of thiophene rings is 1. The Morgan fingerprint density at radius 3 is 2.63 bits per heavy atom. The Labute approximate surface area is 182 Å². The molecule has 1 aliphatic heterocycles. The number of guanidine groups is 1. The smallest absolute Gasteiger partial charge is 0.191 e. The minimum absolute atomic E-state index is 0.232. The normalized spacial score (nSPS) is 17.4. The number of aliphatic hydroxyl groups is 1. The van der Waals surface area contributed by atoms with E-state index in [2.05, 4.69) is 33.0 Å². The van der Waals surface area contributed by atoms with Gasteiger partial charge in [0.25, 0.3) is 0 Å². The molecule has 0 bridgehead atoms. The van der Waals surface area contributed by atoms with E-state index in [0.29, 0.717) is 19.0 Å². The molecule has 2 heterocycles. The summed E-state index contributed by atoms with van der Waals surface area (Å²) in [6.07, 6.45) is -0.632. The number of aliphatic hydroxyl groups excluding tert-OH is 1. The number of aliphatic imine (C=N–C) groups is 1. The van der Waals surface area contributed by atoms with Gasteiger partial charge in [-0.1, -0.05) is 18.2 Å². The highest BCUT2D eigenvalue weighted by Gasteiger charge is 2.23. The van der Waals surface area contributed by atoms with Crippen LogP contribution in [0, 0.1) is 0 Å². The third kappa shape index (κ3) is 6.43. The summed E-state index contributed by atoms with van der Waals surface area (Å²) >= 11 is 1.77. The summed E-state index contributed by atoms with van der Waals surface area (Å²) < 4.78 is 10.7. The van der Waals surface area contributed by atoms with Crippen molar-refractivity contribution in [3.05, 3.63) is 52.2 Å². The second kappa shape index (κ2) is 11.9. The molecule has 0 aliphatic carbocycles. The van der Waals surface area contributed by atoms with Gasteiger partial charge in [0.1, 0.15) is 5.75 Å². The molecule has 3 rings (SSSR count). The molecule has 30 heavy (non-hydrogen) atoms. The second-order valence-corrected chi connectivity index (χ2v) is 8.05. The molecular formula is C22H32N4O3S. The molecule has 0 saturated carbocycles. The third-order valence-corrected chi connectivity index (χ3v) is 6.06. The van der Waals surface area contributed by atoms with E-state index in [4.69, 9.17) is 14.5 Å². The SMILES string of the molecule is CCNC(=NCC(c1cccs1)N1CCOCC1)NCC(O)c1ccc(OC)cc1. The first kappa shape index (κ1) is 22.6. The summed E-state index contributed by atoms with van der Waals surface area (Å²) in [6, 6.07) is 12.0. The van der Waals surface area contributed by atoms with E-state index in [9.17, 15) is 5.11 Å². The van der Waals surface area contributed by atoms with E-state index >= 15 is 0 Å². The average Bonchev–Trinajstić information content (AvgIpc) is 3.32. The Morgan fingerprint density at radius 1 is 1.23 bits per heavy atom. The summed E-state index contributed by atoms with van der Waals surface area (Å²) in [7, 11) is 1.63. The van der Waals surface area contributed by atoms with Crippen LogP contribution in [0.25, 0.3) is 0 Å². The third-order valence-electron chi connectivity index (χ3n) is 5.09. The number of nitrogens with one attached hydrogen (secondary N) is 2. The Balaban J connectivity index is 1.62. The molecule has 164 valence electrons. The number of rotatable bonds is 9. The van der Waals surface area contributed by atoms with Crippen LogP contribution in [0.2, 0.25) is 0 Å². The van der Waals surface area contributed by atoms with Crippen molar-refractivity contribution in [1.29, 1.82) is 0 Å². The Hall–Kier alpha value is -2.13. The van der Waals surface area contributed by atoms with Crippen molar-refractivity contribution < 1.29 is 14.6 Å². The van der Waals surface area contributed by atoms with Crippen LogP contribution < -0.4 is 15.4 Å². The maximum absolute atomic E-state index is 10.5. The summed E-state index contributed by atoms with van der Waals surface area (Å²) in [5.41, 5.74) is 0.837. The van der Waals surface area contributed by atoms with Crippen molar-refractivity contribution in [2.75, 3.05) is 53.0 Å². The van der Waals surface area contributed by atoms with Crippen LogP contribution in [0.4, 0.5) is 0 Å². The van der Waals surface area contributed by atoms with Gasteiger partial charge in [-0.25, -0.2) is 0 Å². The molecule has 0 spiro atoms. The first-order chi connectivity index (χ1) is 14.7. The van der Waals surface area contributed by atoms with Gasteiger partial charge in [0.05, 0.1) is 39.0 Å². The van der Waals surface area contributed by atoms with E-state index in [1.54, 1.807) is 18.4 Å². The van der Waals surface area contributed by atoms with E-state index in [1.165, 1.54) is 4.88 Å². The number of hydrogen-bond donors (Lipinski definition) is 3. The van der Waals surface area contributed by atoms with Crippen molar-refractivity contribution >= 4 is 17.3 Å². The zero-order valence-electron chi connectivity index (χ0n) is 17.7. The van der Waals surface area contributed by atoms with Gasteiger partial charge in [0.2, 0.25) is 0 Å². The molecule has 1 fully saturated rings. The molecule has 1 aromatic heterocycles. The summed E-state index contributed by atoms with van der Waals surface area (Å²) in [5, 5.41) is 19.2. The minimum atomic E-state index is -0.632. The van der Waals surface area contributed by atoms with Gasteiger partial charge in [0, 0.05) is 31.1 Å².